The molecule has 0 amide bonds. The average Bonchev–Trinajstić information content (AvgIpc) is 3.13. The van der Waals surface area contributed by atoms with Crippen molar-refractivity contribution in [3.05, 3.63) is 53.3 Å². The number of aryl methyl sites for hydroxylation is 1. The molecule has 6 nitrogen and oxygen atoms in total. The molecule has 2 saturated heterocycles. The Morgan fingerprint density at radius 1 is 1.28 bits per heavy atom. The van der Waals surface area contributed by atoms with Crippen LogP contribution in [-0.4, -0.2) is 38.3 Å². The first-order chi connectivity index (χ1) is 11.9. The quantitative estimate of drug-likeness (QED) is 0.649. The molecule has 2 aliphatic heterocycles. The van der Waals surface area contributed by atoms with E-state index in [0.717, 1.165) is 11.3 Å². The number of hydrogen-bond acceptors (Lipinski definition) is 6. The second-order valence-electron chi connectivity index (χ2n) is 6.53. The second-order valence-corrected chi connectivity index (χ2v) is 8.46. The molecule has 1 N–H and O–H groups in total. The topological polar surface area (TPSA) is 71.5 Å². The number of nitrogens with one attached hydrogen (secondary N) is 1. The number of benzene rings is 1. The maximum absolute atomic E-state index is 12.8. The zero-order chi connectivity index (χ0) is 17.7. The maximum Gasteiger partial charge on any atom is 0.299 e. The predicted octanol–water partition coefficient (Wildman–Crippen LogP) is 2.33. The average molecular weight is 380 g/mol. The molecule has 0 aliphatic carbocycles. The number of rotatable bonds is 4. The fraction of sp³-hybridized carbons (Fsp3) is 0.353. The highest BCUT2D eigenvalue weighted by molar-refractivity contribution is 7.86. The van der Waals surface area contributed by atoms with Crippen LogP contribution in [0.15, 0.2) is 47.5 Å². The Balaban J connectivity index is 1.67. The van der Waals surface area contributed by atoms with Crippen LogP contribution in [0.3, 0.4) is 0 Å². The van der Waals surface area contributed by atoms with Crippen molar-refractivity contribution in [2.24, 2.45) is 0 Å². The van der Waals surface area contributed by atoms with Crippen molar-refractivity contribution in [1.82, 2.24) is 10.3 Å². The molecule has 2 aromatic rings. The van der Waals surface area contributed by atoms with E-state index in [4.69, 9.17) is 15.8 Å². The molecular formula is C17H18ClN3O3S. The van der Waals surface area contributed by atoms with Gasteiger partial charge in [0.05, 0.1) is 16.8 Å². The lowest BCUT2D eigenvalue weighted by Gasteiger charge is -2.39. The molecule has 0 saturated carbocycles. The first-order valence-electron chi connectivity index (χ1n) is 8.03. The van der Waals surface area contributed by atoms with Gasteiger partial charge in [-0.25, -0.2) is 9.17 Å². The molecule has 8 heteroatoms. The number of anilines is 1. The van der Waals surface area contributed by atoms with E-state index in [1.807, 2.05) is 17.9 Å². The van der Waals surface area contributed by atoms with Crippen LogP contribution in [0.4, 0.5) is 5.69 Å². The van der Waals surface area contributed by atoms with Crippen LogP contribution in [-0.2, 0) is 14.3 Å². The van der Waals surface area contributed by atoms with Crippen molar-refractivity contribution in [2.45, 2.75) is 30.0 Å². The molecule has 2 bridgehead atoms. The molecule has 1 aromatic carbocycles. The Morgan fingerprint density at radius 2 is 2.04 bits per heavy atom. The van der Waals surface area contributed by atoms with Gasteiger partial charge < -0.3 is 10.2 Å². The monoisotopic (exact) mass is 379 g/mol. The van der Waals surface area contributed by atoms with E-state index in [2.05, 4.69) is 10.3 Å². The summed E-state index contributed by atoms with van der Waals surface area (Å²) in [4.78, 5) is 6.23. The minimum absolute atomic E-state index is 0.164. The fourth-order valence-corrected chi connectivity index (χ4v) is 4.79. The number of piperazine rings is 1. The van der Waals surface area contributed by atoms with Crippen molar-refractivity contribution >= 4 is 27.4 Å². The summed E-state index contributed by atoms with van der Waals surface area (Å²) in [5.41, 5.74) is 0.853. The van der Waals surface area contributed by atoms with Crippen LogP contribution < -0.4 is 10.2 Å². The molecular weight excluding hydrogens is 362 g/mol. The summed E-state index contributed by atoms with van der Waals surface area (Å²) in [6.45, 7) is 3.01. The molecule has 4 rings (SSSR count). The van der Waals surface area contributed by atoms with E-state index in [9.17, 15) is 8.42 Å². The summed E-state index contributed by atoms with van der Waals surface area (Å²) in [6, 6.07) is 10.4. The van der Waals surface area contributed by atoms with Crippen LogP contribution in [0.1, 0.15) is 12.0 Å². The molecule has 2 aliphatic rings. The molecule has 2 fully saturated rings. The van der Waals surface area contributed by atoms with Gasteiger partial charge in [0.25, 0.3) is 10.1 Å². The molecule has 0 radical (unpaired) electrons. The summed E-state index contributed by atoms with van der Waals surface area (Å²) in [5.74, 6) is 0. The Labute approximate surface area is 151 Å². The minimum atomic E-state index is -3.88. The normalized spacial score (nSPS) is 25.5. The highest BCUT2D eigenvalue weighted by Gasteiger charge is 2.54. The lowest BCUT2D eigenvalue weighted by atomic mass is 10.2. The number of fused-ring (bicyclic) bond motifs is 2. The molecule has 3 heterocycles. The third-order valence-electron chi connectivity index (χ3n) is 4.73. The lowest BCUT2D eigenvalue weighted by molar-refractivity contribution is 0.105. The van der Waals surface area contributed by atoms with E-state index in [1.54, 1.807) is 36.5 Å². The standard InChI is InChI=1S/C17H18ClN3O3S/c1-12-2-5-15(6-3-12)25(22,23)24-17-8-13(20-11-17)10-21(17)14-4-7-16(18)19-9-14/h2-7,9,13,20H,8,10-11H2,1H3/t13-,17-/m1/s1. The predicted molar refractivity (Wildman–Crippen MR) is 95.2 cm³/mol. The Kier molecular flexibility index (Phi) is 3.99. The summed E-state index contributed by atoms with van der Waals surface area (Å²) in [7, 11) is -3.88. The van der Waals surface area contributed by atoms with E-state index in [-0.39, 0.29) is 10.9 Å². The highest BCUT2D eigenvalue weighted by atomic mass is 35.5. The molecule has 0 unspecified atom stereocenters. The van der Waals surface area contributed by atoms with Gasteiger partial charge in [0, 0.05) is 25.6 Å². The van der Waals surface area contributed by atoms with E-state index in [1.165, 1.54) is 0 Å². The summed E-state index contributed by atoms with van der Waals surface area (Å²) in [6.07, 6.45) is 2.24. The number of nitrogens with zero attached hydrogens (tertiary/aromatic N) is 2. The van der Waals surface area contributed by atoms with Crippen molar-refractivity contribution in [3.63, 3.8) is 0 Å². The smallest absolute Gasteiger partial charge is 0.299 e. The summed E-state index contributed by atoms with van der Waals surface area (Å²) < 4.78 is 31.4. The number of hydrogen-bond donors (Lipinski definition) is 1. The largest absolute Gasteiger partial charge is 0.339 e. The SMILES string of the molecule is Cc1ccc(S(=O)(=O)O[C@]23CN[C@@H](CN2c2ccc(Cl)nc2)C3)cc1. The summed E-state index contributed by atoms with van der Waals surface area (Å²) in [5, 5.41) is 3.71. The van der Waals surface area contributed by atoms with Gasteiger partial charge in [-0.05, 0) is 31.2 Å². The zero-order valence-electron chi connectivity index (χ0n) is 13.6. The third-order valence-corrected chi connectivity index (χ3v) is 6.33. The van der Waals surface area contributed by atoms with Crippen LogP contribution >= 0.6 is 11.6 Å². The van der Waals surface area contributed by atoms with Crippen LogP contribution in [0, 0.1) is 6.92 Å². The van der Waals surface area contributed by atoms with Crippen molar-refractivity contribution in [3.8, 4) is 0 Å². The van der Waals surface area contributed by atoms with Gasteiger partial charge in [-0.1, -0.05) is 29.3 Å². The van der Waals surface area contributed by atoms with Gasteiger partial charge in [0.1, 0.15) is 5.15 Å². The number of pyridine rings is 1. The fourth-order valence-electron chi connectivity index (χ4n) is 3.49. The van der Waals surface area contributed by atoms with Gasteiger partial charge in [0.2, 0.25) is 0 Å². The highest BCUT2D eigenvalue weighted by Crippen LogP contribution is 2.41. The van der Waals surface area contributed by atoms with Gasteiger partial charge in [-0.3, -0.25) is 0 Å². The maximum atomic E-state index is 12.8. The summed E-state index contributed by atoms with van der Waals surface area (Å²) >= 11 is 5.86. The van der Waals surface area contributed by atoms with Crippen molar-refractivity contribution < 1.29 is 12.6 Å². The van der Waals surface area contributed by atoms with Crippen molar-refractivity contribution in [2.75, 3.05) is 18.0 Å². The number of aromatic nitrogens is 1. The van der Waals surface area contributed by atoms with E-state index < -0.39 is 15.8 Å². The molecule has 0 spiro atoms. The van der Waals surface area contributed by atoms with Gasteiger partial charge in [0.15, 0.2) is 5.72 Å². The Morgan fingerprint density at radius 3 is 2.68 bits per heavy atom. The van der Waals surface area contributed by atoms with Crippen LogP contribution in [0.2, 0.25) is 5.15 Å². The number of halogens is 1. The van der Waals surface area contributed by atoms with Gasteiger partial charge in [-0.15, -0.1) is 0 Å². The Bertz CT molecular complexity index is 886. The van der Waals surface area contributed by atoms with Crippen LogP contribution in [0.5, 0.6) is 0 Å². The molecule has 2 atom stereocenters. The van der Waals surface area contributed by atoms with E-state index >= 15 is 0 Å². The van der Waals surface area contributed by atoms with Gasteiger partial charge >= 0.3 is 0 Å². The molecule has 1 aromatic heterocycles. The first-order valence-corrected chi connectivity index (χ1v) is 9.82. The Hall–Kier alpha value is -1.67. The molecule has 25 heavy (non-hydrogen) atoms. The lowest BCUT2D eigenvalue weighted by Crippen LogP contribution is -2.55. The minimum Gasteiger partial charge on any atom is -0.339 e. The first kappa shape index (κ1) is 16.8. The second kappa shape index (κ2) is 5.95. The van der Waals surface area contributed by atoms with Crippen molar-refractivity contribution in [1.29, 1.82) is 0 Å². The van der Waals surface area contributed by atoms with Crippen LogP contribution in [0.25, 0.3) is 0 Å². The zero-order valence-corrected chi connectivity index (χ0v) is 15.2. The molecule has 132 valence electrons. The van der Waals surface area contributed by atoms with E-state index in [0.29, 0.717) is 24.7 Å². The third kappa shape index (κ3) is 3.01. The van der Waals surface area contributed by atoms with Gasteiger partial charge in [-0.2, -0.15) is 8.42 Å².